The lowest BCUT2D eigenvalue weighted by molar-refractivity contribution is -0.134. The molecule has 0 bridgehead atoms. The summed E-state index contributed by atoms with van der Waals surface area (Å²) in [4.78, 5) is 16.7. The topological polar surface area (TPSA) is 49.6 Å². The van der Waals surface area contributed by atoms with E-state index in [-0.39, 0.29) is 17.0 Å². The van der Waals surface area contributed by atoms with Crippen molar-refractivity contribution in [3.8, 4) is 0 Å². The van der Waals surface area contributed by atoms with Gasteiger partial charge in [0.1, 0.15) is 0 Å². The zero-order chi connectivity index (χ0) is 14.8. The van der Waals surface area contributed by atoms with Gasteiger partial charge in [0, 0.05) is 31.1 Å². The zero-order valence-corrected chi connectivity index (χ0v) is 13.5. The predicted molar refractivity (Wildman–Crippen MR) is 82.5 cm³/mol. The van der Waals surface area contributed by atoms with E-state index in [9.17, 15) is 4.79 Å². The summed E-state index contributed by atoms with van der Waals surface area (Å²) in [5.41, 5.74) is 6.38. The molecule has 4 heteroatoms. The van der Waals surface area contributed by atoms with Gasteiger partial charge >= 0.3 is 0 Å². The minimum absolute atomic E-state index is 0.207. The Bertz CT molecular complexity index is 344. The van der Waals surface area contributed by atoms with E-state index in [1.54, 1.807) is 0 Å². The van der Waals surface area contributed by atoms with Gasteiger partial charge in [-0.05, 0) is 46.2 Å². The Morgan fingerprint density at radius 1 is 1.00 bits per heavy atom. The Hall–Kier alpha value is -0.610. The average molecular weight is 281 g/mol. The van der Waals surface area contributed by atoms with Gasteiger partial charge in [0.25, 0.3) is 0 Å². The minimum atomic E-state index is -0.242. The standard InChI is InChI=1S/C16H31N3O/c1-18(2)16(10-7-11-16)13-19(3)14(20)12-15(17)8-5-4-6-9-15/h4-13,17H2,1-3H3. The third-order valence-electron chi connectivity index (χ3n) is 5.54. The fraction of sp³-hybridized carbons (Fsp3) is 0.938. The molecule has 0 aromatic carbocycles. The molecule has 2 N–H and O–H groups in total. The Labute approximate surface area is 123 Å². The van der Waals surface area contributed by atoms with Crippen LogP contribution in [0.25, 0.3) is 0 Å². The number of rotatable bonds is 5. The molecule has 20 heavy (non-hydrogen) atoms. The second kappa shape index (κ2) is 6.02. The molecule has 1 amide bonds. The number of carbonyl (C=O) groups is 1. The molecule has 0 saturated heterocycles. The summed E-state index contributed by atoms with van der Waals surface area (Å²) < 4.78 is 0. The summed E-state index contributed by atoms with van der Waals surface area (Å²) in [5.74, 6) is 0.225. The van der Waals surface area contributed by atoms with Crippen molar-refractivity contribution in [2.24, 2.45) is 5.73 Å². The molecular weight excluding hydrogens is 250 g/mol. The van der Waals surface area contributed by atoms with Crippen molar-refractivity contribution in [1.29, 1.82) is 0 Å². The first-order valence-electron chi connectivity index (χ1n) is 8.07. The van der Waals surface area contributed by atoms with Crippen molar-refractivity contribution < 1.29 is 4.79 Å². The quantitative estimate of drug-likeness (QED) is 0.838. The van der Waals surface area contributed by atoms with E-state index in [0.717, 1.165) is 19.4 Å². The van der Waals surface area contributed by atoms with Gasteiger partial charge in [0.05, 0.1) is 0 Å². The average Bonchev–Trinajstić information content (AvgIpc) is 2.33. The Morgan fingerprint density at radius 2 is 1.60 bits per heavy atom. The summed E-state index contributed by atoms with van der Waals surface area (Å²) in [6.07, 6.45) is 9.83. The van der Waals surface area contributed by atoms with Crippen molar-refractivity contribution in [1.82, 2.24) is 9.80 Å². The van der Waals surface area contributed by atoms with Crippen LogP contribution in [-0.2, 0) is 4.79 Å². The normalized spacial score (nSPS) is 24.2. The number of amides is 1. The van der Waals surface area contributed by atoms with Crippen LogP contribution in [0.15, 0.2) is 0 Å². The molecule has 2 aliphatic rings. The fourth-order valence-electron chi connectivity index (χ4n) is 3.73. The van der Waals surface area contributed by atoms with Crippen molar-refractivity contribution in [3.05, 3.63) is 0 Å². The number of hydrogen-bond acceptors (Lipinski definition) is 3. The van der Waals surface area contributed by atoms with Crippen LogP contribution in [0.4, 0.5) is 0 Å². The Kier molecular flexibility index (Phi) is 4.75. The van der Waals surface area contributed by atoms with E-state index >= 15 is 0 Å². The third-order valence-corrected chi connectivity index (χ3v) is 5.54. The maximum atomic E-state index is 12.5. The number of nitrogens with zero attached hydrogens (tertiary/aromatic N) is 2. The highest BCUT2D eigenvalue weighted by atomic mass is 16.2. The van der Waals surface area contributed by atoms with Gasteiger partial charge in [-0.15, -0.1) is 0 Å². The van der Waals surface area contributed by atoms with E-state index in [2.05, 4.69) is 19.0 Å². The lowest BCUT2D eigenvalue weighted by atomic mass is 9.75. The second-order valence-electron chi connectivity index (χ2n) is 7.32. The highest BCUT2D eigenvalue weighted by Crippen LogP contribution is 2.37. The fourth-order valence-corrected chi connectivity index (χ4v) is 3.73. The van der Waals surface area contributed by atoms with Crippen LogP contribution >= 0.6 is 0 Å². The first kappa shape index (κ1) is 15.8. The Balaban J connectivity index is 1.88. The van der Waals surface area contributed by atoms with Crippen molar-refractivity contribution >= 4 is 5.91 Å². The molecule has 4 nitrogen and oxygen atoms in total. The van der Waals surface area contributed by atoms with Crippen LogP contribution in [-0.4, -0.2) is 54.5 Å². The van der Waals surface area contributed by atoms with Crippen molar-refractivity contribution in [3.63, 3.8) is 0 Å². The smallest absolute Gasteiger partial charge is 0.224 e. The molecule has 0 spiro atoms. The van der Waals surface area contributed by atoms with Crippen molar-refractivity contribution in [2.75, 3.05) is 27.7 Å². The molecule has 0 aromatic rings. The van der Waals surface area contributed by atoms with Crippen LogP contribution in [0.1, 0.15) is 57.8 Å². The third kappa shape index (κ3) is 3.34. The van der Waals surface area contributed by atoms with E-state index in [4.69, 9.17) is 5.73 Å². The molecule has 116 valence electrons. The van der Waals surface area contributed by atoms with Gasteiger partial charge < -0.3 is 15.5 Å². The van der Waals surface area contributed by atoms with Gasteiger partial charge in [0.15, 0.2) is 0 Å². The molecular formula is C16H31N3O. The number of nitrogens with two attached hydrogens (primary N) is 1. The molecule has 2 rings (SSSR count). The molecule has 2 fully saturated rings. The maximum Gasteiger partial charge on any atom is 0.224 e. The Morgan fingerprint density at radius 3 is 2.05 bits per heavy atom. The minimum Gasteiger partial charge on any atom is -0.344 e. The van der Waals surface area contributed by atoms with Gasteiger partial charge in [-0.3, -0.25) is 4.79 Å². The van der Waals surface area contributed by atoms with Gasteiger partial charge in [0.2, 0.25) is 5.91 Å². The van der Waals surface area contributed by atoms with Crippen LogP contribution in [0.3, 0.4) is 0 Å². The summed E-state index contributed by atoms with van der Waals surface area (Å²) in [6.45, 7) is 0.842. The summed E-state index contributed by atoms with van der Waals surface area (Å²) in [5, 5.41) is 0. The highest BCUT2D eigenvalue weighted by Gasteiger charge is 2.41. The second-order valence-corrected chi connectivity index (χ2v) is 7.32. The lowest BCUT2D eigenvalue weighted by Crippen LogP contribution is -2.58. The first-order valence-corrected chi connectivity index (χ1v) is 8.07. The molecule has 2 aliphatic carbocycles. The maximum absolute atomic E-state index is 12.5. The van der Waals surface area contributed by atoms with E-state index < -0.39 is 0 Å². The van der Waals surface area contributed by atoms with Gasteiger partial charge in [-0.25, -0.2) is 0 Å². The number of carbonyl (C=O) groups excluding carboxylic acids is 1. The van der Waals surface area contributed by atoms with Crippen LogP contribution in [0, 0.1) is 0 Å². The first-order chi connectivity index (χ1) is 9.37. The number of likely N-dealkylation sites (N-methyl/N-ethyl adjacent to an activating group) is 2. The van der Waals surface area contributed by atoms with E-state index in [1.807, 2.05) is 11.9 Å². The molecule has 0 radical (unpaired) electrons. The summed E-state index contributed by atoms with van der Waals surface area (Å²) in [7, 11) is 6.20. The van der Waals surface area contributed by atoms with Crippen LogP contribution < -0.4 is 5.73 Å². The molecule has 0 heterocycles. The van der Waals surface area contributed by atoms with Crippen LogP contribution in [0.2, 0.25) is 0 Å². The molecule has 0 aliphatic heterocycles. The molecule has 0 unspecified atom stereocenters. The molecule has 2 saturated carbocycles. The van der Waals surface area contributed by atoms with Crippen LogP contribution in [0.5, 0.6) is 0 Å². The largest absolute Gasteiger partial charge is 0.344 e. The lowest BCUT2D eigenvalue weighted by Gasteiger charge is -2.49. The summed E-state index contributed by atoms with van der Waals surface area (Å²) >= 11 is 0. The molecule has 0 aromatic heterocycles. The monoisotopic (exact) mass is 281 g/mol. The zero-order valence-electron chi connectivity index (χ0n) is 13.5. The van der Waals surface area contributed by atoms with Gasteiger partial charge in [-0.2, -0.15) is 0 Å². The van der Waals surface area contributed by atoms with E-state index in [1.165, 1.54) is 38.5 Å². The van der Waals surface area contributed by atoms with E-state index in [0.29, 0.717) is 6.42 Å². The van der Waals surface area contributed by atoms with Gasteiger partial charge in [-0.1, -0.05) is 19.3 Å². The summed E-state index contributed by atoms with van der Waals surface area (Å²) in [6, 6.07) is 0. The SMILES string of the molecule is CN(CC1(N(C)C)CCC1)C(=O)CC1(N)CCCCC1. The highest BCUT2D eigenvalue weighted by molar-refractivity contribution is 5.77. The number of hydrogen-bond donors (Lipinski definition) is 1. The molecule has 0 atom stereocenters. The van der Waals surface area contributed by atoms with Crippen molar-refractivity contribution in [2.45, 2.75) is 68.9 Å². The predicted octanol–water partition coefficient (Wildman–Crippen LogP) is 1.98.